The Bertz CT molecular complexity index is 140. The molecule has 13 heavy (non-hydrogen) atoms. The van der Waals surface area contributed by atoms with Gasteiger partial charge in [0.15, 0.2) is 6.29 Å². The summed E-state index contributed by atoms with van der Waals surface area (Å²) in [7, 11) is 1.52. The number of methoxy groups -OCH3 is 1. The molecule has 78 valence electrons. The normalized spacial score (nSPS) is 34.8. The molecular formula is C8H16O5. The van der Waals surface area contributed by atoms with Gasteiger partial charge in [0.2, 0.25) is 0 Å². The minimum absolute atomic E-state index is 0.0934. The molecule has 3 atom stereocenters. The summed E-state index contributed by atoms with van der Waals surface area (Å²) in [5.41, 5.74) is 0. The maximum absolute atomic E-state index is 9.37. The standard InChI is InChI=1S/C8H16O5/c1-11-5-12-8-3-6(10)2-7(4-9)13-8/h6-10H,2-5H2,1H3/t6?,7?,8-/m1/s1. The van der Waals surface area contributed by atoms with E-state index >= 15 is 0 Å². The molecule has 0 saturated carbocycles. The topological polar surface area (TPSA) is 68.2 Å². The predicted molar refractivity (Wildman–Crippen MR) is 43.9 cm³/mol. The van der Waals surface area contributed by atoms with E-state index in [2.05, 4.69) is 0 Å². The van der Waals surface area contributed by atoms with E-state index in [9.17, 15) is 5.11 Å². The van der Waals surface area contributed by atoms with Crippen LogP contribution in [-0.4, -0.2) is 49.2 Å². The molecule has 1 rings (SSSR count). The lowest BCUT2D eigenvalue weighted by Crippen LogP contribution is -2.39. The van der Waals surface area contributed by atoms with Crippen LogP contribution in [0.5, 0.6) is 0 Å². The lowest BCUT2D eigenvalue weighted by atomic mass is 10.1. The van der Waals surface area contributed by atoms with Crippen molar-refractivity contribution in [1.82, 2.24) is 0 Å². The van der Waals surface area contributed by atoms with E-state index in [0.29, 0.717) is 12.8 Å². The molecule has 1 fully saturated rings. The molecule has 1 heterocycles. The highest BCUT2D eigenvalue weighted by Gasteiger charge is 2.28. The third kappa shape index (κ3) is 3.58. The summed E-state index contributed by atoms with van der Waals surface area (Å²) in [6.45, 7) is 0.0411. The van der Waals surface area contributed by atoms with Crippen molar-refractivity contribution < 1.29 is 24.4 Å². The van der Waals surface area contributed by atoms with Crippen LogP contribution in [0, 0.1) is 0 Å². The fourth-order valence-corrected chi connectivity index (χ4v) is 1.32. The van der Waals surface area contributed by atoms with E-state index in [1.807, 2.05) is 0 Å². The minimum Gasteiger partial charge on any atom is -0.394 e. The van der Waals surface area contributed by atoms with Crippen molar-refractivity contribution in [2.45, 2.75) is 31.3 Å². The SMILES string of the molecule is COCO[C@H]1CC(O)CC(CO)O1. The van der Waals surface area contributed by atoms with Crippen molar-refractivity contribution in [3.8, 4) is 0 Å². The Kier molecular flexibility index (Phi) is 4.61. The maximum Gasteiger partial charge on any atom is 0.163 e. The molecule has 2 unspecified atom stereocenters. The number of ether oxygens (including phenoxy) is 3. The van der Waals surface area contributed by atoms with Crippen LogP contribution in [0.15, 0.2) is 0 Å². The Hall–Kier alpha value is -0.200. The van der Waals surface area contributed by atoms with Gasteiger partial charge < -0.3 is 24.4 Å². The molecule has 0 radical (unpaired) electrons. The Labute approximate surface area is 77.2 Å². The Morgan fingerprint density at radius 3 is 2.85 bits per heavy atom. The molecule has 0 bridgehead atoms. The summed E-state index contributed by atoms with van der Waals surface area (Å²) in [4.78, 5) is 0. The smallest absolute Gasteiger partial charge is 0.163 e. The van der Waals surface area contributed by atoms with Gasteiger partial charge in [0.1, 0.15) is 6.79 Å². The summed E-state index contributed by atoms with van der Waals surface area (Å²) in [6, 6.07) is 0. The Morgan fingerprint density at radius 2 is 2.23 bits per heavy atom. The molecule has 1 saturated heterocycles. The van der Waals surface area contributed by atoms with Crippen LogP contribution in [-0.2, 0) is 14.2 Å². The molecule has 2 N–H and O–H groups in total. The van der Waals surface area contributed by atoms with Gasteiger partial charge in [0, 0.05) is 20.0 Å². The van der Waals surface area contributed by atoms with Crippen LogP contribution in [0.2, 0.25) is 0 Å². The lowest BCUT2D eigenvalue weighted by molar-refractivity contribution is -0.247. The van der Waals surface area contributed by atoms with Gasteiger partial charge in [-0.15, -0.1) is 0 Å². The van der Waals surface area contributed by atoms with Crippen molar-refractivity contribution >= 4 is 0 Å². The number of aliphatic hydroxyl groups excluding tert-OH is 2. The third-order valence-electron chi connectivity index (χ3n) is 1.92. The van der Waals surface area contributed by atoms with Gasteiger partial charge >= 0.3 is 0 Å². The molecule has 0 amide bonds. The van der Waals surface area contributed by atoms with Crippen LogP contribution in [0.1, 0.15) is 12.8 Å². The quantitative estimate of drug-likeness (QED) is 0.586. The van der Waals surface area contributed by atoms with Crippen molar-refractivity contribution in [3.05, 3.63) is 0 Å². The van der Waals surface area contributed by atoms with Crippen LogP contribution < -0.4 is 0 Å². The van der Waals surface area contributed by atoms with E-state index in [-0.39, 0.29) is 19.5 Å². The van der Waals surface area contributed by atoms with Gasteiger partial charge in [-0.3, -0.25) is 0 Å². The summed E-state index contributed by atoms with van der Waals surface area (Å²) in [6.07, 6.45) is -0.373. The van der Waals surface area contributed by atoms with Crippen LogP contribution in [0.25, 0.3) is 0 Å². The second-order valence-electron chi connectivity index (χ2n) is 3.07. The Balaban J connectivity index is 2.29. The minimum atomic E-state index is -0.471. The molecular weight excluding hydrogens is 176 g/mol. The highest BCUT2D eigenvalue weighted by Crippen LogP contribution is 2.19. The van der Waals surface area contributed by atoms with E-state index in [4.69, 9.17) is 19.3 Å². The first kappa shape index (κ1) is 10.9. The van der Waals surface area contributed by atoms with E-state index in [1.54, 1.807) is 0 Å². The predicted octanol–water partition coefficient (Wildman–Crippen LogP) is -0.535. The Morgan fingerprint density at radius 1 is 1.46 bits per heavy atom. The molecule has 5 heteroatoms. The van der Waals surface area contributed by atoms with Crippen molar-refractivity contribution in [3.63, 3.8) is 0 Å². The highest BCUT2D eigenvalue weighted by atomic mass is 16.7. The zero-order chi connectivity index (χ0) is 9.68. The number of rotatable bonds is 4. The van der Waals surface area contributed by atoms with Gasteiger partial charge in [0.05, 0.1) is 18.8 Å². The van der Waals surface area contributed by atoms with Gasteiger partial charge in [-0.25, -0.2) is 0 Å². The average Bonchev–Trinajstić information content (AvgIpc) is 2.14. The average molecular weight is 192 g/mol. The zero-order valence-corrected chi connectivity index (χ0v) is 7.68. The maximum atomic E-state index is 9.37. The van der Waals surface area contributed by atoms with Gasteiger partial charge in [-0.05, 0) is 0 Å². The molecule has 0 spiro atoms. The third-order valence-corrected chi connectivity index (χ3v) is 1.92. The summed E-state index contributed by atoms with van der Waals surface area (Å²) < 4.78 is 15.1. The largest absolute Gasteiger partial charge is 0.394 e. The van der Waals surface area contributed by atoms with E-state index < -0.39 is 12.4 Å². The number of hydrogen-bond donors (Lipinski definition) is 2. The molecule has 1 aliphatic heterocycles. The molecule has 1 aliphatic rings. The van der Waals surface area contributed by atoms with Crippen LogP contribution in [0.3, 0.4) is 0 Å². The summed E-state index contributed by atoms with van der Waals surface area (Å²) in [5.74, 6) is 0. The van der Waals surface area contributed by atoms with E-state index in [1.165, 1.54) is 7.11 Å². The van der Waals surface area contributed by atoms with Crippen molar-refractivity contribution in [2.75, 3.05) is 20.5 Å². The summed E-state index contributed by atoms with van der Waals surface area (Å²) >= 11 is 0. The van der Waals surface area contributed by atoms with Gasteiger partial charge in [0.25, 0.3) is 0 Å². The fourth-order valence-electron chi connectivity index (χ4n) is 1.32. The second kappa shape index (κ2) is 5.51. The number of hydrogen-bond acceptors (Lipinski definition) is 5. The highest BCUT2D eigenvalue weighted by molar-refractivity contribution is 4.72. The molecule has 5 nitrogen and oxygen atoms in total. The monoisotopic (exact) mass is 192 g/mol. The zero-order valence-electron chi connectivity index (χ0n) is 7.68. The molecule has 0 aliphatic carbocycles. The molecule has 0 aromatic heterocycles. The lowest BCUT2D eigenvalue weighted by Gasteiger charge is -2.31. The van der Waals surface area contributed by atoms with Gasteiger partial charge in [-0.1, -0.05) is 0 Å². The van der Waals surface area contributed by atoms with Gasteiger partial charge in [-0.2, -0.15) is 0 Å². The number of aliphatic hydroxyl groups is 2. The van der Waals surface area contributed by atoms with Crippen LogP contribution >= 0.6 is 0 Å². The summed E-state index contributed by atoms with van der Waals surface area (Å²) in [5, 5.41) is 18.2. The van der Waals surface area contributed by atoms with E-state index in [0.717, 1.165) is 0 Å². The second-order valence-corrected chi connectivity index (χ2v) is 3.07. The fraction of sp³-hybridized carbons (Fsp3) is 1.00. The first-order chi connectivity index (χ1) is 6.26. The van der Waals surface area contributed by atoms with Crippen molar-refractivity contribution in [2.24, 2.45) is 0 Å². The molecule has 0 aromatic rings. The first-order valence-corrected chi connectivity index (χ1v) is 4.31. The first-order valence-electron chi connectivity index (χ1n) is 4.31. The van der Waals surface area contributed by atoms with Crippen molar-refractivity contribution in [1.29, 1.82) is 0 Å². The van der Waals surface area contributed by atoms with Crippen LogP contribution in [0.4, 0.5) is 0 Å². The molecule has 0 aromatic carbocycles.